The summed E-state index contributed by atoms with van der Waals surface area (Å²) >= 11 is 0. The maximum Gasteiger partial charge on any atom is 0.312 e. The molecule has 6 bridgehead atoms. The predicted molar refractivity (Wildman–Crippen MR) is 119 cm³/mol. The van der Waals surface area contributed by atoms with Gasteiger partial charge in [-0.15, -0.1) is 0 Å². The summed E-state index contributed by atoms with van der Waals surface area (Å²) < 4.78 is 35.8. The Kier molecular flexibility index (Phi) is 3.24. The first-order valence-electron chi connectivity index (χ1n) is 12.1. The number of sulfone groups is 1. The number of carbonyl (C=O) groups is 1. The molecule has 0 amide bonds. The number of hydrogen-bond donors (Lipinski definition) is 0. The van der Waals surface area contributed by atoms with Crippen LogP contribution in [-0.2, 0) is 19.4 Å². The first-order chi connectivity index (χ1) is 15.5. The molecule has 7 aliphatic carbocycles. The van der Waals surface area contributed by atoms with E-state index in [0.29, 0.717) is 11.8 Å². The molecule has 10 rings (SSSR count). The lowest BCUT2D eigenvalue weighted by Gasteiger charge is -2.63. The summed E-state index contributed by atoms with van der Waals surface area (Å²) in [5.41, 5.74) is 4.39. The van der Waals surface area contributed by atoms with Crippen molar-refractivity contribution in [2.45, 2.75) is 54.1 Å². The van der Waals surface area contributed by atoms with Crippen LogP contribution in [0.4, 0.5) is 0 Å². The molecule has 1 spiro atoms. The maximum absolute atomic E-state index is 14.7. The topological polar surface area (TPSA) is 60.4 Å². The van der Waals surface area contributed by atoms with Crippen LogP contribution in [0.3, 0.4) is 0 Å². The van der Waals surface area contributed by atoms with Crippen LogP contribution in [0.2, 0.25) is 0 Å². The second kappa shape index (κ2) is 5.67. The third-order valence-electron chi connectivity index (χ3n) is 9.99. The van der Waals surface area contributed by atoms with Crippen molar-refractivity contribution in [2.24, 2.45) is 29.6 Å². The maximum atomic E-state index is 14.7. The fourth-order valence-electron chi connectivity index (χ4n) is 9.24. The Morgan fingerprint density at radius 1 is 0.719 bits per heavy atom. The highest BCUT2D eigenvalue weighted by molar-refractivity contribution is 7.93. The third kappa shape index (κ3) is 1.86. The molecular formula is C27H26O4S. The molecule has 1 heterocycles. The molecule has 2 atom stereocenters. The zero-order valence-corrected chi connectivity index (χ0v) is 18.6. The third-order valence-corrected chi connectivity index (χ3v) is 12.9. The van der Waals surface area contributed by atoms with Gasteiger partial charge >= 0.3 is 5.97 Å². The number of benzene rings is 2. The van der Waals surface area contributed by atoms with Gasteiger partial charge in [0.15, 0.2) is 9.84 Å². The van der Waals surface area contributed by atoms with E-state index in [2.05, 4.69) is 24.3 Å². The van der Waals surface area contributed by atoms with Crippen LogP contribution >= 0.6 is 0 Å². The van der Waals surface area contributed by atoms with Gasteiger partial charge in [-0.05, 0) is 66.2 Å². The number of esters is 1. The second-order valence-corrected chi connectivity index (χ2v) is 13.5. The molecule has 5 heteroatoms. The number of carbonyl (C=O) groups excluding carboxylic acids is 1. The van der Waals surface area contributed by atoms with Crippen LogP contribution in [0.25, 0.3) is 0 Å². The highest BCUT2D eigenvalue weighted by Crippen LogP contribution is 2.68. The van der Waals surface area contributed by atoms with Crippen molar-refractivity contribution in [3.8, 4) is 0 Å². The molecule has 0 aromatic heterocycles. The molecule has 4 nitrogen and oxygen atoms in total. The van der Waals surface area contributed by atoms with Gasteiger partial charge < -0.3 is 4.74 Å². The van der Waals surface area contributed by atoms with E-state index in [0.717, 1.165) is 47.9 Å². The molecule has 1 aliphatic heterocycles. The zero-order chi connectivity index (χ0) is 21.4. The lowest BCUT2D eigenvalue weighted by Crippen LogP contribution is -2.71. The van der Waals surface area contributed by atoms with Crippen molar-refractivity contribution in [2.75, 3.05) is 0 Å². The summed E-state index contributed by atoms with van der Waals surface area (Å²) in [5, 5.41) is -0.712. The molecule has 8 aliphatic rings. The molecule has 1 saturated heterocycles. The van der Waals surface area contributed by atoms with Gasteiger partial charge in [0.2, 0.25) is 4.93 Å². The molecule has 0 N–H and O–H groups in total. The van der Waals surface area contributed by atoms with Crippen LogP contribution in [0, 0.1) is 29.6 Å². The van der Waals surface area contributed by atoms with Crippen LogP contribution in [-0.4, -0.2) is 24.6 Å². The highest BCUT2D eigenvalue weighted by Gasteiger charge is 2.74. The fourth-order valence-corrected chi connectivity index (χ4v) is 12.5. The Bertz CT molecular complexity index is 1220. The molecule has 164 valence electrons. The van der Waals surface area contributed by atoms with E-state index in [-0.39, 0.29) is 29.6 Å². The van der Waals surface area contributed by atoms with E-state index in [1.165, 1.54) is 6.42 Å². The van der Waals surface area contributed by atoms with Gasteiger partial charge in [0, 0.05) is 23.7 Å². The van der Waals surface area contributed by atoms with Gasteiger partial charge in [0.25, 0.3) is 0 Å². The van der Waals surface area contributed by atoms with Gasteiger partial charge in [-0.3, -0.25) is 4.79 Å². The van der Waals surface area contributed by atoms with E-state index in [1.807, 2.05) is 24.3 Å². The molecule has 0 radical (unpaired) electrons. The van der Waals surface area contributed by atoms with Crippen molar-refractivity contribution in [1.29, 1.82) is 0 Å². The first-order valence-corrected chi connectivity index (χ1v) is 13.7. The van der Waals surface area contributed by atoms with Crippen molar-refractivity contribution >= 4 is 15.8 Å². The smallest absolute Gasteiger partial charge is 0.312 e. The van der Waals surface area contributed by atoms with E-state index >= 15 is 0 Å². The molecule has 32 heavy (non-hydrogen) atoms. The Labute approximate surface area is 188 Å². The molecule has 2 aromatic carbocycles. The van der Waals surface area contributed by atoms with Crippen molar-refractivity contribution < 1.29 is 17.9 Å². The Morgan fingerprint density at radius 3 is 1.69 bits per heavy atom. The van der Waals surface area contributed by atoms with Gasteiger partial charge in [0.1, 0.15) is 0 Å². The van der Waals surface area contributed by atoms with Gasteiger partial charge in [-0.25, -0.2) is 8.42 Å². The van der Waals surface area contributed by atoms with Crippen LogP contribution in [0.5, 0.6) is 0 Å². The largest absolute Gasteiger partial charge is 0.442 e. The zero-order valence-electron chi connectivity index (χ0n) is 17.8. The molecule has 4 saturated carbocycles. The summed E-state index contributed by atoms with van der Waals surface area (Å²) in [4.78, 5) is 12.5. The highest BCUT2D eigenvalue weighted by atomic mass is 32.2. The number of rotatable bonds is 0. The van der Waals surface area contributed by atoms with Crippen LogP contribution in [0.15, 0.2) is 48.5 Å². The van der Waals surface area contributed by atoms with E-state index < -0.39 is 25.9 Å². The lowest BCUT2D eigenvalue weighted by atomic mass is 9.54. The van der Waals surface area contributed by atoms with Crippen LogP contribution in [0.1, 0.15) is 66.2 Å². The van der Waals surface area contributed by atoms with E-state index in [4.69, 9.17) is 4.74 Å². The molecule has 2 aromatic rings. The fraction of sp³-hybridized carbons (Fsp3) is 0.519. The Hall–Kier alpha value is -2.14. The van der Waals surface area contributed by atoms with Gasteiger partial charge in [0.05, 0.1) is 11.2 Å². The summed E-state index contributed by atoms with van der Waals surface area (Å²) in [6, 6.07) is 16.3. The summed E-state index contributed by atoms with van der Waals surface area (Å²) in [7, 11) is -3.70. The normalized spacial score (nSPS) is 45.8. The summed E-state index contributed by atoms with van der Waals surface area (Å²) in [5.74, 6) is -0.274. The molecule has 5 fully saturated rings. The second-order valence-electron chi connectivity index (χ2n) is 11.2. The first kappa shape index (κ1) is 18.3. The average Bonchev–Trinajstić information content (AvgIpc) is 2.79. The predicted octanol–water partition coefficient (Wildman–Crippen LogP) is 4.39. The Morgan fingerprint density at radius 2 is 1.19 bits per heavy atom. The van der Waals surface area contributed by atoms with Gasteiger partial charge in [-0.1, -0.05) is 48.5 Å². The minimum atomic E-state index is -3.70. The van der Waals surface area contributed by atoms with Crippen molar-refractivity contribution in [3.05, 3.63) is 70.8 Å². The standard InChI is InChI=1S/C27H26O4S/c28-26-24-22-18-5-1-3-7-20(18)23(21-8-4-2-6-19(21)22)25(24)32(29,30)27(31-26)16-10-14-9-15(12-16)13-17(27)11-14/h1-8,14-17,22-25H,9-13H2/t14?,15?,16?,17?,22?,23?,24-,25+,27?/m0/s1. The quantitative estimate of drug-likeness (QED) is 0.564. The van der Waals surface area contributed by atoms with Crippen molar-refractivity contribution in [1.82, 2.24) is 0 Å². The molecular weight excluding hydrogens is 420 g/mol. The van der Waals surface area contributed by atoms with Gasteiger partial charge in [-0.2, -0.15) is 0 Å². The minimum absolute atomic E-state index is 0.0282. The average molecular weight is 447 g/mol. The number of hydrogen-bond acceptors (Lipinski definition) is 4. The monoisotopic (exact) mass is 446 g/mol. The summed E-state index contributed by atoms with van der Waals surface area (Å²) in [6.07, 6.45) is 4.83. The summed E-state index contributed by atoms with van der Waals surface area (Å²) in [6.45, 7) is 0. The molecule has 0 unspecified atom stereocenters. The van der Waals surface area contributed by atoms with Crippen molar-refractivity contribution in [3.63, 3.8) is 0 Å². The Balaban J connectivity index is 1.39. The van der Waals surface area contributed by atoms with E-state index in [9.17, 15) is 13.2 Å². The lowest BCUT2D eigenvalue weighted by molar-refractivity contribution is -0.192. The van der Waals surface area contributed by atoms with E-state index in [1.54, 1.807) is 0 Å². The SMILES string of the molecule is O=C1OC2(C3CC4CC(C3)CC2C4)S(=O)(=O)[C@@H]2C3c4ccccc4C(c4ccccc43)[C@H]12. The minimum Gasteiger partial charge on any atom is -0.442 e. The number of ether oxygens (including phenoxy) is 1. The van der Waals surface area contributed by atoms with Crippen LogP contribution < -0.4 is 0 Å².